The van der Waals surface area contributed by atoms with Crippen LogP contribution in [0.1, 0.15) is 39.9 Å². The van der Waals surface area contributed by atoms with Crippen molar-refractivity contribution >= 4 is 5.78 Å². The largest absolute Gasteiger partial charge is 0.297 e. The third kappa shape index (κ3) is 2.77. The molecule has 1 heterocycles. The van der Waals surface area contributed by atoms with Gasteiger partial charge in [0, 0.05) is 7.05 Å². The Hall–Kier alpha value is -1.23. The quantitative estimate of drug-likeness (QED) is 0.737. The molecule has 1 unspecified atom stereocenters. The lowest BCUT2D eigenvalue weighted by Gasteiger charge is -2.38. The summed E-state index contributed by atoms with van der Waals surface area (Å²) >= 11 is 0. The van der Waals surface area contributed by atoms with E-state index in [-0.39, 0.29) is 5.78 Å². The zero-order chi connectivity index (χ0) is 13.8. The molecule has 1 aromatic rings. The molecule has 0 bridgehead atoms. The fraction of sp³-hybridized carbons (Fsp3) is 0.769. The van der Waals surface area contributed by atoms with Crippen molar-refractivity contribution in [2.24, 2.45) is 7.05 Å². The minimum Gasteiger partial charge on any atom is -0.297 e. The fourth-order valence-corrected chi connectivity index (χ4v) is 2.33. The van der Waals surface area contributed by atoms with Crippen LogP contribution in [0.4, 0.5) is 0 Å². The molecule has 5 heteroatoms. The van der Waals surface area contributed by atoms with Crippen LogP contribution in [-0.2, 0) is 18.3 Å². The van der Waals surface area contributed by atoms with Crippen LogP contribution in [0.3, 0.4) is 0 Å². The molecule has 0 spiro atoms. The number of rotatable bonds is 7. The van der Waals surface area contributed by atoms with Crippen molar-refractivity contribution in [3.05, 3.63) is 12.2 Å². The second-order valence-electron chi connectivity index (χ2n) is 4.70. The summed E-state index contributed by atoms with van der Waals surface area (Å²) in [4.78, 5) is 18.9. The minimum absolute atomic E-state index is 0.213. The maximum absolute atomic E-state index is 12.6. The van der Waals surface area contributed by atoms with E-state index < -0.39 is 5.54 Å². The van der Waals surface area contributed by atoms with E-state index in [9.17, 15) is 4.79 Å². The molecule has 0 aliphatic carbocycles. The van der Waals surface area contributed by atoms with E-state index in [1.54, 1.807) is 4.68 Å². The van der Waals surface area contributed by atoms with Gasteiger partial charge in [-0.3, -0.25) is 14.4 Å². The smallest absolute Gasteiger partial charge is 0.160 e. The van der Waals surface area contributed by atoms with Crippen LogP contribution in [0.25, 0.3) is 0 Å². The van der Waals surface area contributed by atoms with Crippen LogP contribution in [0.15, 0.2) is 6.33 Å². The lowest BCUT2D eigenvalue weighted by molar-refractivity contribution is -0.130. The number of ketones is 1. The van der Waals surface area contributed by atoms with E-state index in [0.29, 0.717) is 6.42 Å². The molecular weight excluding hydrogens is 228 g/mol. The van der Waals surface area contributed by atoms with Gasteiger partial charge in [0.15, 0.2) is 5.78 Å². The summed E-state index contributed by atoms with van der Waals surface area (Å²) in [6.07, 6.45) is 2.64. The molecule has 1 rings (SSSR count). The van der Waals surface area contributed by atoms with Gasteiger partial charge in [-0.05, 0) is 26.4 Å². The molecule has 0 amide bonds. The highest BCUT2D eigenvalue weighted by Gasteiger charge is 2.36. The zero-order valence-electron chi connectivity index (χ0n) is 12.1. The molecular formula is C13H24N4O. The second-order valence-corrected chi connectivity index (χ2v) is 4.70. The average molecular weight is 252 g/mol. The van der Waals surface area contributed by atoms with Gasteiger partial charge < -0.3 is 0 Å². The van der Waals surface area contributed by atoms with Crippen molar-refractivity contribution in [3.8, 4) is 0 Å². The number of Topliss-reactive ketones (excluding diaryl/α,β-unsaturated/α-hetero) is 1. The van der Waals surface area contributed by atoms with E-state index in [4.69, 9.17) is 0 Å². The van der Waals surface area contributed by atoms with E-state index in [0.717, 1.165) is 25.3 Å². The highest BCUT2D eigenvalue weighted by molar-refractivity contribution is 5.89. The zero-order valence-corrected chi connectivity index (χ0v) is 12.1. The highest BCUT2D eigenvalue weighted by atomic mass is 16.1. The van der Waals surface area contributed by atoms with Gasteiger partial charge in [-0.25, -0.2) is 4.98 Å². The van der Waals surface area contributed by atoms with E-state index in [2.05, 4.69) is 35.8 Å². The van der Waals surface area contributed by atoms with Crippen molar-refractivity contribution in [2.45, 2.75) is 46.1 Å². The molecule has 0 saturated heterocycles. The molecule has 5 nitrogen and oxygen atoms in total. The lowest BCUT2D eigenvalue weighted by Crippen LogP contribution is -2.52. The topological polar surface area (TPSA) is 51.0 Å². The Labute approximate surface area is 109 Å². The first-order chi connectivity index (χ1) is 8.49. The fourth-order valence-electron chi connectivity index (χ4n) is 2.33. The number of hydrogen-bond acceptors (Lipinski definition) is 4. The maximum Gasteiger partial charge on any atom is 0.160 e. The molecule has 102 valence electrons. The number of aromatic nitrogens is 3. The monoisotopic (exact) mass is 252 g/mol. The summed E-state index contributed by atoms with van der Waals surface area (Å²) in [5.74, 6) is 0.941. The number of carbonyl (C=O) groups excluding carboxylic acids is 1. The van der Waals surface area contributed by atoms with E-state index in [1.165, 1.54) is 6.33 Å². The number of carbonyl (C=O) groups is 1. The van der Waals surface area contributed by atoms with Gasteiger partial charge in [0.05, 0.1) is 12.0 Å². The number of likely N-dealkylation sites (N-methyl/N-ethyl adjacent to an activating group) is 1. The molecule has 0 aromatic carbocycles. The Morgan fingerprint density at radius 1 is 1.39 bits per heavy atom. The predicted molar refractivity (Wildman–Crippen MR) is 71.3 cm³/mol. The summed E-state index contributed by atoms with van der Waals surface area (Å²) in [5, 5.41) is 4.00. The van der Waals surface area contributed by atoms with E-state index >= 15 is 0 Å². The Bertz CT molecular complexity index is 397. The molecule has 1 aromatic heterocycles. The van der Waals surface area contributed by atoms with Gasteiger partial charge in [0.25, 0.3) is 0 Å². The molecule has 18 heavy (non-hydrogen) atoms. The lowest BCUT2D eigenvalue weighted by atomic mass is 9.88. The SMILES string of the molecule is CCN(CC)C(C)(CC)C(=O)Cc1ncnn1C. The first kappa shape index (κ1) is 14.8. The molecule has 0 aliphatic rings. The van der Waals surface area contributed by atoms with Gasteiger partial charge in [-0.1, -0.05) is 20.8 Å². The first-order valence-corrected chi connectivity index (χ1v) is 6.60. The molecule has 0 fully saturated rings. The third-order valence-electron chi connectivity index (χ3n) is 3.87. The molecule has 1 atom stereocenters. The van der Waals surface area contributed by atoms with Crippen molar-refractivity contribution in [1.29, 1.82) is 0 Å². The van der Waals surface area contributed by atoms with Crippen LogP contribution in [0, 0.1) is 0 Å². The summed E-state index contributed by atoms with van der Waals surface area (Å²) in [6.45, 7) is 10.0. The number of nitrogens with zero attached hydrogens (tertiary/aromatic N) is 4. The standard InChI is InChI=1S/C13H24N4O/c1-6-13(4,17(7-2)8-3)11(18)9-12-14-10-15-16(12)5/h10H,6-9H2,1-5H3. The van der Waals surface area contributed by atoms with E-state index in [1.807, 2.05) is 14.0 Å². The molecule has 0 saturated carbocycles. The van der Waals surface area contributed by atoms with Crippen molar-refractivity contribution in [2.75, 3.05) is 13.1 Å². The van der Waals surface area contributed by atoms with Crippen LogP contribution < -0.4 is 0 Å². The Kier molecular flexibility index (Phi) is 5.02. The van der Waals surface area contributed by atoms with Crippen molar-refractivity contribution < 1.29 is 4.79 Å². The minimum atomic E-state index is -0.407. The van der Waals surface area contributed by atoms with Gasteiger partial charge in [-0.15, -0.1) is 0 Å². The second kappa shape index (κ2) is 6.09. The molecule has 0 aliphatic heterocycles. The predicted octanol–water partition coefficient (Wildman–Crippen LogP) is 1.44. The van der Waals surface area contributed by atoms with Crippen LogP contribution in [-0.4, -0.2) is 44.1 Å². The number of hydrogen-bond donors (Lipinski definition) is 0. The van der Waals surface area contributed by atoms with Gasteiger partial charge in [0.2, 0.25) is 0 Å². The van der Waals surface area contributed by atoms with Crippen LogP contribution >= 0.6 is 0 Å². The summed E-state index contributed by atoms with van der Waals surface area (Å²) in [5.41, 5.74) is -0.407. The number of aryl methyl sites for hydroxylation is 1. The van der Waals surface area contributed by atoms with Crippen LogP contribution in [0.2, 0.25) is 0 Å². The summed E-state index contributed by atoms with van der Waals surface area (Å²) in [7, 11) is 1.82. The Morgan fingerprint density at radius 3 is 2.39 bits per heavy atom. The summed E-state index contributed by atoms with van der Waals surface area (Å²) in [6, 6.07) is 0. The summed E-state index contributed by atoms with van der Waals surface area (Å²) < 4.78 is 1.66. The van der Waals surface area contributed by atoms with Crippen molar-refractivity contribution in [1.82, 2.24) is 19.7 Å². The Morgan fingerprint density at radius 2 is 2.00 bits per heavy atom. The third-order valence-corrected chi connectivity index (χ3v) is 3.87. The normalized spacial score (nSPS) is 14.8. The van der Waals surface area contributed by atoms with Crippen molar-refractivity contribution in [3.63, 3.8) is 0 Å². The van der Waals surface area contributed by atoms with Crippen LogP contribution in [0.5, 0.6) is 0 Å². The highest BCUT2D eigenvalue weighted by Crippen LogP contribution is 2.21. The van der Waals surface area contributed by atoms with Gasteiger partial charge in [0.1, 0.15) is 12.2 Å². The van der Waals surface area contributed by atoms with Gasteiger partial charge >= 0.3 is 0 Å². The molecule has 0 radical (unpaired) electrons. The molecule has 0 N–H and O–H groups in total. The average Bonchev–Trinajstić information content (AvgIpc) is 2.76. The Balaban J connectivity index is 2.88. The first-order valence-electron chi connectivity index (χ1n) is 6.60. The van der Waals surface area contributed by atoms with Gasteiger partial charge in [-0.2, -0.15) is 5.10 Å². The maximum atomic E-state index is 12.6.